The van der Waals surface area contributed by atoms with Crippen molar-refractivity contribution < 1.29 is 19.2 Å². The van der Waals surface area contributed by atoms with Crippen molar-refractivity contribution in [2.24, 2.45) is 0 Å². The van der Waals surface area contributed by atoms with Crippen molar-refractivity contribution in [3.63, 3.8) is 0 Å². The molecule has 6 amide bonds. The number of hydrogen-bond donors (Lipinski definition) is 3. The van der Waals surface area contributed by atoms with Gasteiger partial charge in [-0.2, -0.15) is 0 Å². The van der Waals surface area contributed by atoms with Crippen LogP contribution in [-0.4, -0.2) is 47.4 Å². The van der Waals surface area contributed by atoms with Gasteiger partial charge < -0.3 is 10.6 Å². The number of imide groups is 2. The molecular weight excluding hydrogens is 300 g/mol. The van der Waals surface area contributed by atoms with Crippen LogP contribution in [0.15, 0.2) is 0 Å². The first-order valence-electron chi connectivity index (χ1n) is 8.20. The normalized spacial score (nSPS) is 20.7. The molecule has 0 aromatic heterocycles. The van der Waals surface area contributed by atoms with Gasteiger partial charge in [-0.3, -0.25) is 19.8 Å². The highest BCUT2D eigenvalue weighted by Crippen LogP contribution is 2.31. The smallest absolute Gasteiger partial charge is 0.325 e. The number of urea groups is 2. The Labute approximate surface area is 135 Å². The Kier molecular flexibility index (Phi) is 5.57. The van der Waals surface area contributed by atoms with E-state index in [0.717, 1.165) is 37.0 Å². The molecule has 0 radical (unpaired) electrons. The molecule has 1 aliphatic carbocycles. The lowest BCUT2D eigenvalue weighted by Crippen LogP contribution is -2.49. The van der Waals surface area contributed by atoms with E-state index in [1.807, 2.05) is 0 Å². The maximum Gasteiger partial charge on any atom is 0.325 e. The molecular formula is C15H24N4O4. The zero-order valence-corrected chi connectivity index (χ0v) is 13.4. The number of carbonyl (C=O) groups excluding carboxylic acids is 4. The molecule has 23 heavy (non-hydrogen) atoms. The number of hydrogen-bond acceptors (Lipinski definition) is 4. The van der Waals surface area contributed by atoms with Crippen LogP contribution in [0.25, 0.3) is 0 Å². The molecule has 8 heteroatoms. The maximum absolute atomic E-state index is 12.7. The molecule has 0 aromatic carbocycles. The van der Waals surface area contributed by atoms with E-state index in [0.29, 0.717) is 19.4 Å². The Bertz CT molecular complexity index is 498. The Morgan fingerprint density at radius 3 is 2.35 bits per heavy atom. The summed E-state index contributed by atoms with van der Waals surface area (Å²) in [6, 6.07) is -1.19. The first kappa shape index (κ1) is 17.2. The van der Waals surface area contributed by atoms with E-state index in [9.17, 15) is 19.2 Å². The molecule has 1 saturated heterocycles. The van der Waals surface area contributed by atoms with Crippen molar-refractivity contribution in [1.29, 1.82) is 0 Å². The van der Waals surface area contributed by atoms with Crippen molar-refractivity contribution in [3.05, 3.63) is 0 Å². The molecule has 1 saturated carbocycles. The molecule has 1 spiro atoms. The topological polar surface area (TPSA) is 108 Å². The molecule has 3 N–H and O–H groups in total. The summed E-state index contributed by atoms with van der Waals surface area (Å²) in [4.78, 5) is 48.8. The second kappa shape index (κ2) is 7.43. The first-order valence-corrected chi connectivity index (χ1v) is 8.20. The van der Waals surface area contributed by atoms with Gasteiger partial charge in [0.05, 0.1) is 0 Å². The number of carbonyl (C=O) groups is 4. The van der Waals surface area contributed by atoms with Gasteiger partial charge in [0.1, 0.15) is 12.1 Å². The van der Waals surface area contributed by atoms with Gasteiger partial charge in [-0.05, 0) is 19.8 Å². The van der Waals surface area contributed by atoms with Crippen molar-refractivity contribution in [3.8, 4) is 0 Å². The molecule has 8 nitrogen and oxygen atoms in total. The predicted octanol–water partition coefficient (Wildman–Crippen LogP) is 0.867. The van der Waals surface area contributed by atoms with Crippen LogP contribution in [0.2, 0.25) is 0 Å². The van der Waals surface area contributed by atoms with E-state index in [1.165, 1.54) is 0 Å². The summed E-state index contributed by atoms with van der Waals surface area (Å²) in [5, 5.41) is 7.30. The van der Waals surface area contributed by atoms with E-state index < -0.39 is 30.1 Å². The molecule has 1 heterocycles. The van der Waals surface area contributed by atoms with E-state index in [1.54, 1.807) is 6.92 Å². The lowest BCUT2D eigenvalue weighted by molar-refractivity contribution is -0.135. The largest absolute Gasteiger partial charge is 0.338 e. The third kappa shape index (κ3) is 4.00. The highest BCUT2D eigenvalue weighted by atomic mass is 16.2. The van der Waals surface area contributed by atoms with Crippen LogP contribution >= 0.6 is 0 Å². The number of nitrogens with one attached hydrogen (secondary N) is 3. The minimum Gasteiger partial charge on any atom is -0.338 e. The second-order valence-corrected chi connectivity index (χ2v) is 6.08. The molecule has 2 aliphatic rings. The van der Waals surface area contributed by atoms with Gasteiger partial charge in [0, 0.05) is 6.54 Å². The quantitative estimate of drug-likeness (QED) is 0.669. The van der Waals surface area contributed by atoms with Crippen molar-refractivity contribution in [2.75, 3.05) is 13.1 Å². The van der Waals surface area contributed by atoms with Crippen LogP contribution < -0.4 is 16.0 Å². The van der Waals surface area contributed by atoms with Crippen molar-refractivity contribution in [1.82, 2.24) is 20.9 Å². The van der Waals surface area contributed by atoms with Gasteiger partial charge in [-0.1, -0.05) is 32.1 Å². The molecule has 128 valence electrons. The van der Waals surface area contributed by atoms with E-state index in [4.69, 9.17) is 0 Å². The Morgan fingerprint density at radius 2 is 1.74 bits per heavy atom. The Morgan fingerprint density at radius 1 is 1.13 bits per heavy atom. The lowest BCUT2D eigenvalue weighted by atomic mass is 9.84. The summed E-state index contributed by atoms with van der Waals surface area (Å²) >= 11 is 0. The van der Waals surface area contributed by atoms with Gasteiger partial charge in [0.2, 0.25) is 5.91 Å². The average molecular weight is 324 g/mol. The molecule has 2 fully saturated rings. The van der Waals surface area contributed by atoms with Crippen LogP contribution in [0.5, 0.6) is 0 Å². The van der Waals surface area contributed by atoms with Gasteiger partial charge >= 0.3 is 12.1 Å². The highest BCUT2D eigenvalue weighted by molar-refractivity contribution is 6.10. The molecule has 2 rings (SSSR count). The van der Waals surface area contributed by atoms with E-state index >= 15 is 0 Å². The summed E-state index contributed by atoms with van der Waals surface area (Å²) in [7, 11) is 0. The predicted molar refractivity (Wildman–Crippen MR) is 82.5 cm³/mol. The third-order valence-electron chi connectivity index (χ3n) is 4.35. The van der Waals surface area contributed by atoms with Crippen LogP contribution in [0.1, 0.15) is 51.9 Å². The average Bonchev–Trinajstić information content (AvgIpc) is 2.68. The summed E-state index contributed by atoms with van der Waals surface area (Å²) in [5.74, 6) is -1.03. The van der Waals surface area contributed by atoms with Crippen LogP contribution in [-0.2, 0) is 9.59 Å². The van der Waals surface area contributed by atoms with Crippen LogP contribution in [0.3, 0.4) is 0 Å². The lowest BCUT2D eigenvalue weighted by Gasteiger charge is -2.28. The molecule has 0 bridgehead atoms. The van der Waals surface area contributed by atoms with Gasteiger partial charge in [0.15, 0.2) is 0 Å². The van der Waals surface area contributed by atoms with Gasteiger partial charge in [-0.15, -0.1) is 0 Å². The fourth-order valence-electron chi connectivity index (χ4n) is 3.18. The maximum atomic E-state index is 12.7. The monoisotopic (exact) mass is 324 g/mol. The van der Waals surface area contributed by atoms with Gasteiger partial charge in [0.25, 0.3) is 5.91 Å². The summed E-state index contributed by atoms with van der Waals surface area (Å²) < 4.78 is 0. The number of amides is 6. The highest BCUT2D eigenvalue weighted by Gasteiger charge is 2.50. The molecule has 1 aliphatic heterocycles. The molecule has 0 aromatic rings. The van der Waals surface area contributed by atoms with Crippen LogP contribution in [0, 0.1) is 0 Å². The van der Waals surface area contributed by atoms with Gasteiger partial charge in [-0.25, -0.2) is 9.59 Å². The summed E-state index contributed by atoms with van der Waals surface area (Å²) in [5.41, 5.74) is -0.872. The standard InChI is InChI=1S/C15H24N4O4/c1-2-16-13(22)17-11(20)10-19-12(21)15(18-14(19)23)8-6-4-3-5-7-9-15/h2-10H2,1H3,(H,18,23)(H2,16,17,20,22). The number of nitrogens with zero attached hydrogens (tertiary/aromatic N) is 1. The molecule has 0 atom stereocenters. The van der Waals surface area contributed by atoms with Crippen LogP contribution in [0.4, 0.5) is 9.59 Å². The SMILES string of the molecule is CCNC(=O)NC(=O)CN1C(=O)NC2(CCCCCCC2)C1=O. The fourth-order valence-corrected chi connectivity index (χ4v) is 3.18. The minimum atomic E-state index is -0.872. The van der Waals surface area contributed by atoms with E-state index in [-0.39, 0.29) is 5.91 Å². The zero-order valence-electron chi connectivity index (χ0n) is 13.4. The van der Waals surface area contributed by atoms with Crippen molar-refractivity contribution >= 4 is 23.9 Å². The van der Waals surface area contributed by atoms with E-state index in [2.05, 4.69) is 16.0 Å². The molecule has 0 unspecified atom stereocenters. The van der Waals surface area contributed by atoms with Crippen molar-refractivity contribution in [2.45, 2.75) is 57.4 Å². The summed E-state index contributed by atoms with van der Waals surface area (Å²) in [6.45, 7) is 1.66. The number of rotatable bonds is 3. The zero-order chi connectivity index (χ0) is 16.9. The second-order valence-electron chi connectivity index (χ2n) is 6.08. The summed E-state index contributed by atoms with van der Waals surface area (Å²) in [6.07, 6.45) is 6.20. The fraction of sp³-hybridized carbons (Fsp3) is 0.733. The minimum absolute atomic E-state index is 0.351. The Hall–Kier alpha value is -2.12. The first-order chi connectivity index (χ1) is 11.0. The Balaban J connectivity index is 2.00. The third-order valence-corrected chi connectivity index (χ3v) is 4.35.